The van der Waals surface area contributed by atoms with Crippen molar-refractivity contribution in [1.82, 2.24) is 10.2 Å². The van der Waals surface area contributed by atoms with E-state index in [2.05, 4.69) is 15.1 Å². The van der Waals surface area contributed by atoms with E-state index in [0.29, 0.717) is 18.8 Å². The average molecular weight is 319 g/mol. The van der Waals surface area contributed by atoms with Gasteiger partial charge in [0.2, 0.25) is 5.91 Å². The van der Waals surface area contributed by atoms with Gasteiger partial charge in [-0.25, -0.2) is 0 Å². The van der Waals surface area contributed by atoms with Crippen molar-refractivity contribution in [2.45, 2.75) is 18.9 Å². The van der Waals surface area contributed by atoms with Crippen molar-refractivity contribution in [2.75, 3.05) is 50.8 Å². The number of carbonyl (C=O) groups excluding carboxylic acids is 1. The molecule has 6 nitrogen and oxygen atoms in total. The van der Waals surface area contributed by atoms with Gasteiger partial charge in [0.15, 0.2) is 0 Å². The topological polar surface area (TPSA) is 65.0 Å². The van der Waals surface area contributed by atoms with E-state index in [1.54, 1.807) is 6.07 Å². The van der Waals surface area contributed by atoms with Crippen molar-refractivity contribution < 1.29 is 14.6 Å². The Kier molecular flexibility index (Phi) is 5.35. The molecule has 6 heteroatoms. The van der Waals surface area contributed by atoms with Gasteiger partial charge in [0.1, 0.15) is 5.75 Å². The van der Waals surface area contributed by atoms with Crippen molar-refractivity contribution >= 4 is 11.6 Å². The van der Waals surface area contributed by atoms with Gasteiger partial charge >= 0.3 is 0 Å². The highest BCUT2D eigenvalue weighted by Gasteiger charge is 2.21. The maximum Gasteiger partial charge on any atom is 0.234 e. The molecule has 3 rings (SSSR count). The fraction of sp³-hybridized carbons (Fsp3) is 0.588. The van der Waals surface area contributed by atoms with Gasteiger partial charge < -0.3 is 20.1 Å². The number of rotatable bonds is 5. The van der Waals surface area contributed by atoms with Crippen LogP contribution in [-0.2, 0) is 9.53 Å². The molecule has 0 saturated carbocycles. The second-order valence-electron chi connectivity index (χ2n) is 6.19. The third kappa shape index (κ3) is 4.36. The number of carbonyl (C=O) groups is 1. The minimum absolute atomic E-state index is 0.0662. The van der Waals surface area contributed by atoms with Crippen LogP contribution in [0.5, 0.6) is 5.75 Å². The molecule has 1 aromatic carbocycles. The van der Waals surface area contributed by atoms with Crippen molar-refractivity contribution in [3.05, 3.63) is 24.3 Å². The van der Waals surface area contributed by atoms with E-state index in [1.165, 1.54) is 0 Å². The Balaban J connectivity index is 1.40. The van der Waals surface area contributed by atoms with Gasteiger partial charge in [-0.3, -0.25) is 9.69 Å². The highest BCUT2D eigenvalue weighted by atomic mass is 16.5. The molecule has 1 atom stereocenters. The number of hydrogen-bond acceptors (Lipinski definition) is 5. The SMILES string of the molecule is O=C(CN1CCN(c2ccccc2O)CC1)NCC1CCCO1. The zero-order chi connectivity index (χ0) is 16.1. The monoisotopic (exact) mass is 319 g/mol. The van der Waals surface area contributed by atoms with E-state index in [9.17, 15) is 9.90 Å². The molecule has 2 aliphatic rings. The normalized spacial score (nSPS) is 22.3. The number of ether oxygens (including phenoxy) is 1. The molecule has 126 valence electrons. The number of aromatic hydroxyl groups is 1. The molecule has 1 amide bonds. The van der Waals surface area contributed by atoms with Gasteiger partial charge in [-0.15, -0.1) is 0 Å². The zero-order valence-corrected chi connectivity index (χ0v) is 13.4. The van der Waals surface area contributed by atoms with Crippen LogP contribution in [0.15, 0.2) is 24.3 Å². The highest BCUT2D eigenvalue weighted by molar-refractivity contribution is 5.78. The van der Waals surface area contributed by atoms with Crippen LogP contribution < -0.4 is 10.2 Å². The average Bonchev–Trinajstić information content (AvgIpc) is 3.08. The summed E-state index contributed by atoms with van der Waals surface area (Å²) < 4.78 is 5.51. The number of benzene rings is 1. The summed E-state index contributed by atoms with van der Waals surface area (Å²) >= 11 is 0. The van der Waals surface area contributed by atoms with Crippen molar-refractivity contribution in [1.29, 1.82) is 0 Å². The van der Waals surface area contributed by atoms with E-state index in [-0.39, 0.29) is 12.0 Å². The number of para-hydroxylation sites is 2. The number of anilines is 1. The molecule has 2 N–H and O–H groups in total. The summed E-state index contributed by atoms with van der Waals surface area (Å²) in [4.78, 5) is 16.3. The second kappa shape index (κ2) is 7.66. The lowest BCUT2D eigenvalue weighted by molar-refractivity contribution is -0.122. The lowest BCUT2D eigenvalue weighted by Crippen LogP contribution is -2.50. The minimum Gasteiger partial charge on any atom is -0.506 e. The van der Waals surface area contributed by atoms with Gasteiger partial charge in [-0.1, -0.05) is 12.1 Å². The Labute approximate surface area is 137 Å². The van der Waals surface area contributed by atoms with E-state index >= 15 is 0 Å². The number of amides is 1. The van der Waals surface area contributed by atoms with E-state index < -0.39 is 0 Å². The summed E-state index contributed by atoms with van der Waals surface area (Å²) in [5.74, 6) is 0.381. The number of piperazine rings is 1. The lowest BCUT2D eigenvalue weighted by Gasteiger charge is -2.35. The van der Waals surface area contributed by atoms with Crippen LogP contribution in [0.4, 0.5) is 5.69 Å². The Morgan fingerprint density at radius 1 is 1.26 bits per heavy atom. The molecule has 0 aromatic heterocycles. The van der Waals surface area contributed by atoms with Crippen LogP contribution in [0.25, 0.3) is 0 Å². The van der Waals surface area contributed by atoms with Crippen LogP contribution in [0.1, 0.15) is 12.8 Å². The molecule has 1 unspecified atom stereocenters. The van der Waals surface area contributed by atoms with Crippen LogP contribution >= 0.6 is 0 Å². The van der Waals surface area contributed by atoms with Crippen LogP contribution in [0.3, 0.4) is 0 Å². The standard InChI is InChI=1S/C17H25N3O3/c21-16-6-2-1-5-15(16)20-9-7-19(8-10-20)13-17(22)18-12-14-4-3-11-23-14/h1-2,5-6,14,21H,3-4,7-13H2,(H,18,22). The molecular formula is C17H25N3O3. The number of nitrogens with zero attached hydrogens (tertiary/aromatic N) is 2. The maximum absolute atomic E-state index is 12.0. The molecule has 2 heterocycles. The lowest BCUT2D eigenvalue weighted by atomic mass is 10.2. The number of hydrogen-bond donors (Lipinski definition) is 2. The Morgan fingerprint density at radius 2 is 2.04 bits per heavy atom. The van der Waals surface area contributed by atoms with Gasteiger partial charge in [0, 0.05) is 39.3 Å². The summed E-state index contributed by atoms with van der Waals surface area (Å²) in [6.07, 6.45) is 2.32. The highest BCUT2D eigenvalue weighted by Crippen LogP contribution is 2.27. The Hall–Kier alpha value is -1.79. The summed E-state index contributed by atoms with van der Waals surface area (Å²) in [5, 5.41) is 12.9. The smallest absolute Gasteiger partial charge is 0.234 e. The van der Waals surface area contributed by atoms with Gasteiger partial charge in [-0.2, -0.15) is 0 Å². The van der Waals surface area contributed by atoms with Crippen LogP contribution in [0.2, 0.25) is 0 Å². The predicted molar refractivity (Wildman–Crippen MR) is 88.7 cm³/mol. The first-order chi connectivity index (χ1) is 11.2. The second-order valence-corrected chi connectivity index (χ2v) is 6.19. The molecule has 0 radical (unpaired) electrons. The zero-order valence-electron chi connectivity index (χ0n) is 13.4. The first kappa shape index (κ1) is 16.1. The molecule has 2 fully saturated rings. The fourth-order valence-electron chi connectivity index (χ4n) is 3.17. The summed E-state index contributed by atoms with van der Waals surface area (Å²) in [6, 6.07) is 7.40. The third-order valence-electron chi connectivity index (χ3n) is 4.51. The molecule has 1 aromatic rings. The first-order valence-electron chi connectivity index (χ1n) is 8.36. The van der Waals surface area contributed by atoms with Crippen LogP contribution in [-0.4, -0.2) is 67.9 Å². The maximum atomic E-state index is 12.0. The number of phenolic OH excluding ortho intramolecular Hbond substituents is 1. The fourth-order valence-corrected chi connectivity index (χ4v) is 3.17. The molecule has 0 spiro atoms. The third-order valence-corrected chi connectivity index (χ3v) is 4.51. The molecular weight excluding hydrogens is 294 g/mol. The summed E-state index contributed by atoms with van der Waals surface area (Å²) in [6.45, 7) is 5.14. The largest absolute Gasteiger partial charge is 0.506 e. The molecule has 2 saturated heterocycles. The van der Waals surface area contributed by atoms with Crippen LogP contribution in [0, 0.1) is 0 Å². The van der Waals surface area contributed by atoms with E-state index in [1.807, 2.05) is 18.2 Å². The van der Waals surface area contributed by atoms with Crippen molar-refractivity contribution in [3.63, 3.8) is 0 Å². The predicted octanol–water partition coefficient (Wildman–Crippen LogP) is 0.809. The van der Waals surface area contributed by atoms with E-state index in [4.69, 9.17) is 4.74 Å². The summed E-state index contributed by atoms with van der Waals surface area (Å²) in [7, 11) is 0. The van der Waals surface area contributed by atoms with Crippen molar-refractivity contribution in [3.8, 4) is 5.75 Å². The minimum atomic E-state index is 0.0662. The number of phenols is 1. The van der Waals surface area contributed by atoms with Crippen molar-refractivity contribution in [2.24, 2.45) is 0 Å². The van der Waals surface area contributed by atoms with Gasteiger partial charge in [0.05, 0.1) is 18.3 Å². The Bertz CT molecular complexity index is 524. The quantitative estimate of drug-likeness (QED) is 0.841. The van der Waals surface area contributed by atoms with Gasteiger partial charge in [-0.05, 0) is 25.0 Å². The molecule has 0 bridgehead atoms. The molecule has 0 aliphatic carbocycles. The van der Waals surface area contributed by atoms with E-state index in [0.717, 1.165) is 51.3 Å². The molecule has 23 heavy (non-hydrogen) atoms. The number of nitrogens with one attached hydrogen (secondary N) is 1. The van der Waals surface area contributed by atoms with Gasteiger partial charge in [0.25, 0.3) is 0 Å². The summed E-state index contributed by atoms with van der Waals surface area (Å²) in [5.41, 5.74) is 0.870. The molecule has 2 aliphatic heterocycles. The first-order valence-corrected chi connectivity index (χ1v) is 8.36. The Morgan fingerprint density at radius 3 is 2.74 bits per heavy atom.